The summed E-state index contributed by atoms with van der Waals surface area (Å²) >= 11 is 0. The van der Waals surface area contributed by atoms with Gasteiger partial charge in [0.25, 0.3) is 0 Å². The van der Waals surface area contributed by atoms with Gasteiger partial charge in [0.15, 0.2) is 0 Å². The molecule has 1 aliphatic heterocycles. The number of hydrogen-bond donors (Lipinski definition) is 1. The van der Waals surface area contributed by atoms with E-state index < -0.39 is 0 Å². The van der Waals surface area contributed by atoms with Crippen molar-refractivity contribution in [2.75, 3.05) is 0 Å². The maximum atomic E-state index is 13.6. The normalized spacial score (nSPS) is 41.0. The standard InChI is InChI=1S/C29H39NO5/c1-17(34-27(33)19-8-6-5-7-9-19)21-10-11-22-25-23(13-15-28(21,22)3)29(4)14-12-20(35-18(2)31)16-24(29)30-26(25)32/h5-9,17,20-25H,10-16H2,1-4H3,(H,30,32)/t17-,20+,21-,22+,23+,24+,25+,28-,29-/m1/s1. The number of fused-ring (bicyclic) bond motifs is 5. The van der Waals surface area contributed by atoms with Gasteiger partial charge in [-0.25, -0.2) is 4.79 Å². The van der Waals surface area contributed by atoms with E-state index in [-0.39, 0.29) is 58.8 Å². The Morgan fingerprint density at radius 1 is 1.00 bits per heavy atom. The minimum atomic E-state index is -0.269. The lowest BCUT2D eigenvalue weighted by atomic mass is 9.48. The number of ether oxygens (including phenoxy) is 2. The first-order valence-electron chi connectivity index (χ1n) is 13.4. The number of rotatable bonds is 4. The van der Waals surface area contributed by atoms with Crippen LogP contribution in [-0.2, 0) is 19.1 Å². The zero-order valence-electron chi connectivity index (χ0n) is 21.4. The Bertz CT molecular complexity index is 994. The number of piperidine rings is 1. The summed E-state index contributed by atoms with van der Waals surface area (Å²) in [5.74, 6) is 0.555. The molecule has 5 rings (SSSR count). The van der Waals surface area contributed by atoms with Crippen molar-refractivity contribution < 1.29 is 23.9 Å². The van der Waals surface area contributed by atoms with Gasteiger partial charge >= 0.3 is 11.9 Å². The van der Waals surface area contributed by atoms with Crippen LogP contribution in [0.15, 0.2) is 30.3 Å². The third-order valence-electron chi connectivity index (χ3n) is 10.3. The molecule has 9 atom stereocenters. The Kier molecular flexibility index (Phi) is 6.21. The molecule has 0 spiro atoms. The van der Waals surface area contributed by atoms with Gasteiger partial charge in [-0.15, -0.1) is 0 Å². The molecule has 0 aromatic heterocycles. The molecule has 1 saturated heterocycles. The molecule has 1 aromatic carbocycles. The van der Waals surface area contributed by atoms with E-state index in [4.69, 9.17) is 9.47 Å². The molecular formula is C29H39NO5. The van der Waals surface area contributed by atoms with Crippen molar-refractivity contribution in [2.45, 2.75) is 90.9 Å². The topological polar surface area (TPSA) is 81.7 Å². The predicted octanol–water partition coefficient (Wildman–Crippen LogP) is 4.91. The zero-order valence-corrected chi connectivity index (χ0v) is 21.4. The maximum absolute atomic E-state index is 13.6. The fourth-order valence-electron chi connectivity index (χ4n) is 8.52. The second-order valence-electron chi connectivity index (χ2n) is 12.0. The molecule has 1 aromatic rings. The number of esters is 2. The highest BCUT2D eigenvalue weighted by Crippen LogP contribution is 2.65. The summed E-state index contributed by atoms with van der Waals surface area (Å²) in [6.07, 6.45) is 6.30. The average Bonchev–Trinajstić information content (AvgIpc) is 3.17. The van der Waals surface area contributed by atoms with E-state index >= 15 is 0 Å². The minimum Gasteiger partial charge on any atom is -0.462 e. The number of nitrogens with one attached hydrogen (secondary N) is 1. The van der Waals surface area contributed by atoms with Crippen LogP contribution in [0.1, 0.15) is 83.0 Å². The summed E-state index contributed by atoms with van der Waals surface area (Å²) in [7, 11) is 0. The first kappa shape index (κ1) is 24.3. The van der Waals surface area contributed by atoms with Crippen molar-refractivity contribution in [1.29, 1.82) is 0 Å². The molecule has 3 aliphatic carbocycles. The summed E-state index contributed by atoms with van der Waals surface area (Å²) < 4.78 is 11.5. The number of benzene rings is 1. The van der Waals surface area contributed by atoms with Gasteiger partial charge in [-0.2, -0.15) is 0 Å². The third kappa shape index (κ3) is 4.07. The van der Waals surface area contributed by atoms with E-state index in [1.165, 1.54) is 6.92 Å². The summed E-state index contributed by atoms with van der Waals surface area (Å²) in [6.45, 7) is 8.16. The summed E-state index contributed by atoms with van der Waals surface area (Å²) in [5, 5.41) is 3.37. The van der Waals surface area contributed by atoms with Gasteiger partial charge in [0.1, 0.15) is 12.2 Å². The summed E-state index contributed by atoms with van der Waals surface area (Å²) in [6, 6.07) is 9.24. The number of hydrogen-bond acceptors (Lipinski definition) is 5. The van der Waals surface area contributed by atoms with Crippen molar-refractivity contribution in [3.63, 3.8) is 0 Å². The first-order chi connectivity index (χ1) is 16.6. The van der Waals surface area contributed by atoms with Gasteiger partial charge in [-0.05, 0) is 80.2 Å². The van der Waals surface area contributed by atoms with E-state index in [0.717, 1.165) is 38.5 Å². The maximum Gasteiger partial charge on any atom is 0.338 e. The highest BCUT2D eigenvalue weighted by molar-refractivity contribution is 5.89. The molecule has 6 heteroatoms. The highest BCUT2D eigenvalue weighted by Gasteiger charge is 2.63. The van der Waals surface area contributed by atoms with Crippen LogP contribution in [0.5, 0.6) is 0 Å². The van der Waals surface area contributed by atoms with Crippen molar-refractivity contribution in [2.24, 2.45) is 34.5 Å². The van der Waals surface area contributed by atoms with E-state index in [2.05, 4.69) is 19.2 Å². The van der Waals surface area contributed by atoms with Gasteiger partial charge in [-0.3, -0.25) is 9.59 Å². The van der Waals surface area contributed by atoms with Crippen LogP contribution in [-0.4, -0.2) is 36.1 Å². The van der Waals surface area contributed by atoms with E-state index in [0.29, 0.717) is 23.8 Å². The lowest BCUT2D eigenvalue weighted by Gasteiger charge is -2.60. The lowest BCUT2D eigenvalue weighted by Crippen LogP contribution is -2.66. The Hall–Kier alpha value is -2.37. The number of carbonyl (C=O) groups excluding carboxylic acids is 3. The fourth-order valence-corrected chi connectivity index (χ4v) is 8.52. The van der Waals surface area contributed by atoms with Crippen LogP contribution in [0.4, 0.5) is 0 Å². The Morgan fingerprint density at radius 3 is 2.40 bits per heavy atom. The second kappa shape index (κ2) is 8.94. The lowest BCUT2D eigenvalue weighted by molar-refractivity contribution is -0.165. The monoisotopic (exact) mass is 481 g/mol. The largest absolute Gasteiger partial charge is 0.462 e. The molecule has 6 nitrogen and oxygen atoms in total. The van der Waals surface area contributed by atoms with Crippen LogP contribution in [0.3, 0.4) is 0 Å². The van der Waals surface area contributed by atoms with Gasteiger partial charge in [-0.1, -0.05) is 32.0 Å². The highest BCUT2D eigenvalue weighted by atomic mass is 16.5. The Morgan fingerprint density at radius 2 is 1.69 bits per heavy atom. The number of carbonyl (C=O) groups is 3. The fraction of sp³-hybridized carbons (Fsp3) is 0.690. The van der Waals surface area contributed by atoms with Crippen LogP contribution in [0, 0.1) is 34.5 Å². The van der Waals surface area contributed by atoms with Crippen LogP contribution < -0.4 is 5.32 Å². The third-order valence-corrected chi connectivity index (χ3v) is 10.3. The van der Waals surface area contributed by atoms with E-state index in [1.54, 1.807) is 12.1 Å². The first-order valence-corrected chi connectivity index (χ1v) is 13.4. The SMILES string of the molecule is CC(=O)O[C@H]1CC[C@@]2(C)[C@H](C1)NC(=O)[C@@H]1[C@@H]2CC[C@]2(C)[C@@H]([C@@H](C)OC(=O)c3ccccc3)CC[C@@H]12. The molecule has 1 N–H and O–H groups in total. The van der Waals surface area contributed by atoms with Gasteiger partial charge in [0, 0.05) is 31.2 Å². The van der Waals surface area contributed by atoms with Crippen LogP contribution in [0.25, 0.3) is 0 Å². The second-order valence-corrected chi connectivity index (χ2v) is 12.0. The summed E-state index contributed by atoms with van der Waals surface area (Å²) in [5.41, 5.74) is 0.588. The molecule has 1 heterocycles. The molecule has 4 aliphatic rings. The van der Waals surface area contributed by atoms with Gasteiger partial charge < -0.3 is 14.8 Å². The van der Waals surface area contributed by atoms with Crippen LogP contribution >= 0.6 is 0 Å². The molecule has 4 fully saturated rings. The number of amides is 1. The van der Waals surface area contributed by atoms with Gasteiger partial charge in [0.2, 0.25) is 5.91 Å². The van der Waals surface area contributed by atoms with Crippen molar-refractivity contribution in [3.8, 4) is 0 Å². The average molecular weight is 482 g/mol. The summed E-state index contributed by atoms with van der Waals surface area (Å²) in [4.78, 5) is 37.8. The van der Waals surface area contributed by atoms with Gasteiger partial charge in [0.05, 0.1) is 5.56 Å². The van der Waals surface area contributed by atoms with Crippen molar-refractivity contribution >= 4 is 17.8 Å². The molecule has 0 bridgehead atoms. The van der Waals surface area contributed by atoms with Crippen molar-refractivity contribution in [1.82, 2.24) is 5.32 Å². The van der Waals surface area contributed by atoms with E-state index in [9.17, 15) is 14.4 Å². The molecule has 0 radical (unpaired) electrons. The smallest absolute Gasteiger partial charge is 0.338 e. The predicted molar refractivity (Wildman–Crippen MR) is 131 cm³/mol. The molecule has 0 unspecified atom stereocenters. The zero-order chi connectivity index (χ0) is 25.0. The molecule has 190 valence electrons. The molecule has 1 amide bonds. The van der Waals surface area contributed by atoms with Crippen LogP contribution in [0.2, 0.25) is 0 Å². The van der Waals surface area contributed by atoms with Crippen molar-refractivity contribution in [3.05, 3.63) is 35.9 Å². The molecular weight excluding hydrogens is 442 g/mol. The Labute approximate surface area is 208 Å². The Balaban J connectivity index is 1.32. The molecule has 3 saturated carbocycles. The molecule has 35 heavy (non-hydrogen) atoms. The quantitative estimate of drug-likeness (QED) is 0.618. The minimum absolute atomic E-state index is 0.00213. The van der Waals surface area contributed by atoms with E-state index in [1.807, 2.05) is 25.1 Å².